The summed E-state index contributed by atoms with van der Waals surface area (Å²) in [6.07, 6.45) is 1.04. The Bertz CT molecular complexity index is 708. The number of nitrogens with one attached hydrogen (secondary N) is 2. The Kier molecular flexibility index (Phi) is 6.51. The summed E-state index contributed by atoms with van der Waals surface area (Å²) in [6, 6.07) is 2.29. The Morgan fingerprint density at radius 1 is 1.32 bits per heavy atom. The Balaban J connectivity index is 2.57. The first kappa shape index (κ1) is 19.8. The van der Waals surface area contributed by atoms with Gasteiger partial charge in [-0.25, -0.2) is 9.59 Å². The SMILES string of the molecule is CCCC1=C(C(=O)OC(C)C)C(c2cc(Br)c(O)c(Br)c2)NC(=O)N1. The van der Waals surface area contributed by atoms with E-state index in [1.807, 2.05) is 6.92 Å². The van der Waals surface area contributed by atoms with Crippen LogP contribution in [0.4, 0.5) is 4.79 Å². The molecule has 1 aromatic rings. The molecule has 0 bridgehead atoms. The molecular weight excluding hydrogens is 456 g/mol. The second-order valence-corrected chi connectivity index (χ2v) is 7.67. The average molecular weight is 476 g/mol. The van der Waals surface area contributed by atoms with Crippen molar-refractivity contribution in [2.24, 2.45) is 0 Å². The number of hydrogen-bond acceptors (Lipinski definition) is 4. The number of hydrogen-bond donors (Lipinski definition) is 3. The topological polar surface area (TPSA) is 87.7 Å². The zero-order valence-corrected chi connectivity index (χ0v) is 17.3. The van der Waals surface area contributed by atoms with E-state index in [9.17, 15) is 14.7 Å². The molecule has 1 heterocycles. The van der Waals surface area contributed by atoms with Gasteiger partial charge in [-0.15, -0.1) is 0 Å². The van der Waals surface area contributed by atoms with Crippen LogP contribution < -0.4 is 10.6 Å². The lowest BCUT2D eigenvalue weighted by molar-refractivity contribution is -0.143. The predicted molar refractivity (Wildman–Crippen MR) is 101 cm³/mol. The number of urea groups is 1. The summed E-state index contributed by atoms with van der Waals surface area (Å²) < 4.78 is 6.29. The van der Waals surface area contributed by atoms with Gasteiger partial charge in [0.05, 0.1) is 26.7 Å². The zero-order valence-electron chi connectivity index (χ0n) is 14.2. The second kappa shape index (κ2) is 8.23. The van der Waals surface area contributed by atoms with Crippen LogP contribution >= 0.6 is 31.9 Å². The van der Waals surface area contributed by atoms with Crippen LogP contribution in [-0.2, 0) is 9.53 Å². The number of carbonyl (C=O) groups is 2. The number of phenolic OH excluding ortho intramolecular Hbond substituents is 1. The van der Waals surface area contributed by atoms with Crippen molar-refractivity contribution >= 4 is 43.9 Å². The molecule has 136 valence electrons. The molecule has 1 aromatic carbocycles. The van der Waals surface area contributed by atoms with Gasteiger partial charge in [0.15, 0.2) is 0 Å². The molecule has 0 fully saturated rings. The number of aromatic hydroxyl groups is 1. The molecule has 1 aliphatic rings. The van der Waals surface area contributed by atoms with E-state index in [1.165, 1.54) is 0 Å². The van der Waals surface area contributed by atoms with Gasteiger partial charge in [-0.05, 0) is 69.8 Å². The molecule has 1 aliphatic heterocycles. The fraction of sp³-hybridized carbons (Fsp3) is 0.412. The molecule has 2 amide bonds. The van der Waals surface area contributed by atoms with Crippen LogP contribution in [0.2, 0.25) is 0 Å². The lowest BCUT2D eigenvalue weighted by Crippen LogP contribution is -2.46. The first-order valence-corrected chi connectivity index (χ1v) is 9.52. The van der Waals surface area contributed by atoms with Crippen LogP contribution in [0.1, 0.15) is 45.2 Å². The van der Waals surface area contributed by atoms with E-state index >= 15 is 0 Å². The van der Waals surface area contributed by atoms with Crippen LogP contribution in [0.3, 0.4) is 0 Å². The molecule has 0 saturated heterocycles. The first-order chi connectivity index (χ1) is 11.7. The minimum Gasteiger partial charge on any atom is -0.506 e. The third-order valence-corrected chi connectivity index (χ3v) is 4.80. The maximum absolute atomic E-state index is 12.7. The number of phenols is 1. The van der Waals surface area contributed by atoms with E-state index in [-0.39, 0.29) is 17.9 Å². The van der Waals surface area contributed by atoms with Crippen molar-refractivity contribution in [2.75, 3.05) is 0 Å². The van der Waals surface area contributed by atoms with Crippen LogP contribution in [0.15, 0.2) is 32.3 Å². The molecule has 8 heteroatoms. The highest BCUT2D eigenvalue weighted by atomic mass is 79.9. The van der Waals surface area contributed by atoms with Crippen molar-refractivity contribution in [3.8, 4) is 5.75 Å². The average Bonchev–Trinajstić information content (AvgIpc) is 2.51. The molecule has 3 N–H and O–H groups in total. The molecule has 0 radical (unpaired) electrons. The maximum atomic E-state index is 12.7. The van der Waals surface area contributed by atoms with Gasteiger partial charge < -0.3 is 20.5 Å². The minimum absolute atomic E-state index is 0.0491. The monoisotopic (exact) mass is 474 g/mol. The van der Waals surface area contributed by atoms with Gasteiger partial charge in [-0.2, -0.15) is 0 Å². The Labute approximate surface area is 163 Å². The summed E-state index contributed by atoms with van der Waals surface area (Å²) in [5.41, 5.74) is 1.58. The highest BCUT2D eigenvalue weighted by Gasteiger charge is 2.34. The van der Waals surface area contributed by atoms with Crippen molar-refractivity contribution in [3.63, 3.8) is 0 Å². The molecule has 1 unspecified atom stereocenters. The van der Waals surface area contributed by atoms with Crippen LogP contribution in [-0.4, -0.2) is 23.2 Å². The van der Waals surface area contributed by atoms with Crippen LogP contribution in [0.25, 0.3) is 0 Å². The summed E-state index contributed by atoms with van der Waals surface area (Å²) in [5, 5.41) is 15.4. The van der Waals surface area contributed by atoms with Gasteiger partial charge in [-0.3, -0.25) is 0 Å². The van der Waals surface area contributed by atoms with Gasteiger partial charge >= 0.3 is 12.0 Å². The summed E-state index contributed by atoms with van der Waals surface area (Å²) in [4.78, 5) is 24.8. The third-order valence-electron chi connectivity index (χ3n) is 3.59. The fourth-order valence-electron chi connectivity index (χ4n) is 2.59. The number of allylic oxidation sites excluding steroid dienone is 1. The van der Waals surface area contributed by atoms with E-state index in [4.69, 9.17) is 4.74 Å². The Morgan fingerprint density at radius 3 is 2.44 bits per heavy atom. The largest absolute Gasteiger partial charge is 0.506 e. The number of ether oxygens (including phenoxy) is 1. The molecule has 25 heavy (non-hydrogen) atoms. The number of benzene rings is 1. The van der Waals surface area contributed by atoms with Crippen molar-refractivity contribution in [1.82, 2.24) is 10.6 Å². The molecule has 0 aromatic heterocycles. The summed E-state index contributed by atoms with van der Waals surface area (Å²) in [5.74, 6) is -0.427. The molecule has 6 nitrogen and oxygen atoms in total. The standard InChI is InChI=1S/C17H20Br2N2O4/c1-4-5-12-13(16(23)25-8(2)3)14(21-17(24)20-12)9-6-10(18)15(22)11(19)7-9/h6-8,14,22H,4-5H2,1-3H3,(H2,20,21,24). The van der Waals surface area contributed by atoms with Gasteiger partial charge in [0, 0.05) is 5.70 Å². The van der Waals surface area contributed by atoms with E-state index in [0.29, 0.717) is 32.2 Å². The molecule has 0 spiro atoms. The van der Waals surface area contributed by atoms with Crippen molar-refractivity contribution in [2.45, 2.75) is 45.8 Å². The van der Waals surface area contributed by atoms with Crippen LogP contribution in [0, 0.1) is 0 Å². The second-order valence-electron chi connectivity index (χ2n) is 5.96. The fourth-order valence-corrected chi connectivity index (χ4v) is 3.81. The van der Waals surface area contributed by atoms with E-state index in [0.717, 1.165) is 6.42 Å². The minimum atomic E-state index is -0.672. The number of esters is 1. The Hall–Kier alpha value is -1.54. The molecule has 1 atom stereocenters. The van der Waals surface area contributed by atoms with Gasteiger partial charge in [0.25, 0.3) is 0 Å². The zero-order chi connectivity index (χ0) is 18.7. The third kappa shape index (κ3) is 4.55. The number of rotatable bonds is 5. The van der Waals surface area contributed by atoms with Gasteiger partial charge in [-0.1, -0.05) is 13.3 Å². The van der Waals surface area contributed by atoms with Crippen molar-refractivity contribution < 1.29 is 19.4 Å². The van der Waals surface area contributed by atoms with Crippen LogP contribution in [0.5, 0.6) is 5.75 Å². The van der Waals surface area contributed by atoms with Crippen molar-refractivity contribution in [1.29, 1.82) is 0 Å². The normalized spacial score (nSPS) is 17.4. The lowest BCUT2D eigenvalue weighted by atomic mass is 9.93. The van der Waals surface area contributed by atoms with Crippen molar-refractivity contribution in [3.05, 3.63) is 37.9 Å². The first-order valence-electron chi connectivity index (χ1n) is 7.94. The highest BCUT2D eigenvalue weighted by molar-refractivity contribution is 9.11. The Morgan fingerprint density at radius 2 is 1.92 bits per heavy atom. The van der Waals surface area contributed by atoms with Gasteiger partial charge in [0.2, 0.25) is 0 Å². The molecule has 2 rings (SSSR count). The summed E-state index contributed by atoms with van der Waals surface area (Å²) in [6.45, 7) is 5.51. The predicted octanol–water partition coefficient (Wildman–Crippen LogP) is 4.28. The van der Waals surface area contributed by atoms with E-state index in [2.05, 4.69) is 42.5 Å². The van der Waals surface area contributed by atoms with Gasteiger partial charge in [0.1, 0.15) is 5.75 Å². The molecule has 0 saturated carbocycles. The number of halogens is 2. The number of amides is 2. The van der Waals surface area contributed by atoms with E-state index < -0.39 is 12.0 Å². The smallest absolute Gasteiger partial charge is 0.338 e. The molecule has 0 aliphatic carbocycles. The molecular formula is C17H20Br2N2O4. The quantitative estimate of drug-likeness (QED) is 0.554. The summed E-state index contributed by atoms with van der Waals surface area (Å²) >= 11 is 6.56. The summed E-state index contributed by atoms with van der Waals surface area (Å²) in [7, 11) is 0. The number of carbonyl (C=O) groups excluding carboxylic acids is 2. The lowest BCUT2D eigenvalue weighted by Gasteiger charge is -2.30. The van der Waals surface area contributed by atoms with E-state index in [1.54, 1.807) is 26.0 Å². The maximum Gasteiger partial charge on any atom is 0.338 e. The highest BCUT2D eigenvalue weighted by Crippen LogP contribution is 2.38.